The zero-order valence-electron chi connectivity index (χ0n) is 9.89. The van der Waals surface area contributed by atoms with Gasteiger partial charge in [0.2, 0.25) is 5.91 Å². The fraction of sp³-hybridized carbons (Fsp3) is 0.500. The van der Waals surface area contributed by atoms with Gasteiger partial charge in [0.1, 0.15) is 6.54 Å². The van der Waals surface area contributed by atoms with Gasteiger partial charge in [0.15, 0.2) is 5.78 Å². The standard InChI is InChI=1S/C12H16N2O3/c1-10(15)11-3-2-4-14(11)9-12(16)13-5-7-17-8-6-13/h2-4H,5-9H2,1H3. The Bertz CT molecular complexity index is 419. The third-order valence-corrected chi connectivity index (χ3v) is 2.86. The first kappa shape index (κ1) is 11.9. The van der Waals surface area contributed by atoms with E-state index in [9.17, 15) is 9.59 Å². The molecule has 5 nitrogen and oxygen atoms in total. The minimum atomic E-state index is -0.0234. The first-order valence-electron chi connectivity index (χ1n) is 5.70. The van der Waals surface area contributed by atoms with Gasteiger partial charge in [-0.2, -0.15) is 0 Å². The number of amides is 1. The van der Waals surface area contributed by atoms with Crippen LogP contribution in [0.5, 0.6) is 0 Å². The summed E-state index contributed by atoms with van der Waals surface area (Å²) < 4.78 is 6.89. The van der Waals surface area contributed by atoms with Gasteiger partial charge in [-0.05, 0) is 12.1 Å². The summed E-state index contributed by atoms with van der Waals surface area (Å²) in [5.41, 5.74) is 0.576. The second kappa shape index (κ2) is 5.14. The van der Waals surface area contributed by atoms with Crippen molar-refractivity contribution < 1.29 is 14.3 Å². The molecule has 1 aliphatic heterocycles. The first-order chi connectivity index (χ1) is 8.18. The van der Waals surface area contributed by atoms with Crippen LogP contribution >= 0.6 is 0 Å². The molecule has 0 aliphatic carbocycles. The summed E-state index contributed by atoms with van der Waals surface area (Å²) in [5.74, 6) is 0.0109. The van der Waals surface area contributed by atoms with Crippen LogP contribution in [-0.4, -0.2) is 47.5 Å². The van der Waals surface area contributed by atoms with Crippen molar-refractivity contribution in [3.63, 3.8) is 0 Å². The Kier molecular flexibility index (Phi) is 3.58. The van der Waals surface area contributed by atoms with Crippen LogP contribution in [0.1, 0.15) is 17.4 Å². The Labute approximate surface area is 100.0 Å². The maximum absolute atomic E-state index is 12.0. The van der Waals surface area contributed by atoms with Crippen LogP contribution in [-0.2, 0) is 16.1 Å². The van der Waals surface area contributed by atoms with Gasteiger partial charge in [-0.25, -0.2) is 0 Å². The molecule has 0 spiro atoms. The predicted octanol–water partition coefficient (Wildman–Crippen LogP) is 0.550. The van der Waals surface area contributed by atoms with Crippen LogP contribution in [0.15, 0.2) is 18.3 Å². The Balaban J connectivity index is 2.02. The summed E-state index contributed by atoms with van der Waals surface area (Å²) >= 11 is 0. The molecule has 0 atom stereocenters. The third-order valence-electron chi connectivity index (χ3n) is 2.86. The Morgan fingerprint density at radius 1 is 1.35 bits per heavy atom. The lowest BCUT2D eigenvalue weighted by Crippen LogP contribution is -2.42. The summed E-state index contributed by atoms with van der Waals surface area (Å²) in [6.07, 6.45) is 1.76. The average Bonchev–Trinajstić information content (AvgIpc) is 2.78. The van der Waals surface area contributed by atoms with Crippen molar-refractivity contribution in [1.82, 2.24) is 9.47 Å². The minimum absolute atomic E-state index is 0.0234. The quantitative estimate of drug-likeness (QED) is 0.720. The smallest absolute Gasteiger partial charge is 0.242 e. The van der Waals surface area contributed by atoms with E-state index in [4.69, 9.17) is 4.74 Å². The normalized spacial score (nSPS) is 15.9. The highest BCUT2D eigenvalue weighted by Gasteiger charge is 2.18. The molecular formula is C12H16N2O3. The van der Waals surface area contributed by atoms with Gasteiger partial charge in [0.05, 0.1) is 18.9 Å². The molecular weight excluding hydrogens is 220 g/mol. The number of carbonyl (C=O) groups excluding carboxylic acids is 2. The van der Waals surface area contributed by atoms with Crippen molar-refractivity contribution in [2.24, 2.45) is 0 Å². The molecule has 1 saturated heterocycles. The van der Waals surface area contributed by atoms with Gasteiger partial charge >= 0.3 is 0 Å². The first-order valence-corrected chi connectivity index (χ1v) is 5.70. The molecule has 0 bridgehead atoms. The van der Waals surface area contributed by atoms with Gasteiger partial charge in [0.25, 0.3) is 0 Å². The number of aromatic nitrogens is 1. The van der Waals surface area contributed by atoms with E-state index in [0.717, 1.165) is 0 Å². The summed E-state index contributed by atoms with van der Waals surface area (Å²) in [5, 5.41) is 0. The third kappa shape index (κ3) is 2.74. The minimum Gasteiger partial charge on any atom is -0.378 e. The van der Waals surface area contributed by atoms with Gasteiger partial charge in [-0.1, -0.05) is 0 Å². The van der Waals surface area contributed by atoms with E-state index in [1.807, 2.05) is 0 Å². The van der Waals surface area contributed by atoms with Crippen LogP contribution < -0.4 is 0 Å². The zero-order chi connectivity index (χ0) is 12.3. The van der Waals surface area contributed by atoms with Gasteiger partial charge in [0, 0.05) is 26.2 Å². The Hall–Kier alpha value is -1.62. The van der Waals surface area contributed by atoms with Gasteiger partial charge in [-0.15, -0.1) is 0 Å². The van der Waals surface area contributed by atoms with Crippen molar-refractivity contribution in [2.75, 3.05) is 26.3 Å². The lowest BCUT2D eigenvalue weighted by atomic mass is 10.3. The molecule has 17 heavy (non-hydrogen) atoms. The highest BCUT2D eigenvalue weighted by Crippen LogP contribution is 2.06. The monoisotopic (exact) mass is 236 g/mol. The van der Waals surface area contributed by atoms with E-state index in [2.05, 4.69) is 0 Å². The second-order valence-electron chi connectivity index (χ2n) is 4.07. The van der Waals surface area contributed by atoms with Crippen molar-refractivity contribution in [2.45, 2.75) is 13.5 Å². The molecule has 0 aromatic carbocycles. The highest BCUT2D eigenvalue weighted by atomic mass is 16.5. The number of nitrogens with zero attached hydrogens (tertiary/aromatic N) is 2. The number of morpholine rings is 1. The Morgan fingerprint density at radius 3 is 2.71 bits per heavy atom. The molecule has 1 aliphatic rings. The van der Waals surface area contributed by atoms with Crippen molar-refractivity contribution in [3.05, 3.63) is 24.0 Å². The molecule has 0 N–H and O–H groups in total. The van der Waals surface area contributed by atoms with E-state index in [0.29, 0.717) is 32.0 Å². The number of hydrogen-bond donors (Lipinski definition) is 0. The van der Waals surface area contributed by atoms with E-state index < -0.39 is 0 Å². The largest absolute Gasteiger partial charge is 0.378 e. The Morgan fingerprint density at radius 2 is 2.06 bits per heavy atom. The van der Waals surface area contributed by atoms with Crippen molar-refractivity contribution >= 4 is 11.7 Å². The lowest BCUT2D eigenvalue weighted by molar-refractivity contribution is -0.135. The number of Topliss-reactive ketones (excluding diaryl/α,β-unsaturated/α-hetero) is 1. The van der Waals surface area contributed by atoms with Crippen LogP contribution in [0.4, 0.5) is 0 Å². The summed E-state index contributed by atoms with van der Waals surface area (Å²) in [4.78, 5) is 25.1. The topological polar surface area (TPSA) is 51.5 Å². The summed E-state index contributed by atoms with van der Waals surface area (Å²) in [6.45, 7) is 4.19. The highest BCUT2D eigenvalue weighted by molar-refractivity contribution is 5.93. The molecule has 92 valence electrons. The van der Waals surface area contributed by atoms with Gasteiger partial charge < -0.3 is 14.2 Å². The maximum atomic E-state index is 12.0. The number of ether oxygens (including phenoxy) is 1. The molecule has 0 saturated carbocycles. The summed E-state index contributed by atoms with van der Waals surface area (Å²) in [7, 11) is 0. The molecule has 0 unspecified atom stereocenters. The van der Waals surface area contributed by atoms with E-state index in [1.54, 1.807) is 27.8 Å². The molecule has 5 heteroatoms. The predicted molar refractivity (Wildman–Crippen MR) is 61.8 cm³/mol. The lowest BCUT2D eigenvalue weighted by Gasteiger charge is -2.27. The fourth-order valence-corrected chi connectivity index (χ4v) is 1.93. The van der Waals surface area contributed by atoms with Crippen molar-refractivity contribution in [1.29, 1.82) is 0 Å². The molecule has 0 radical (unpaired) electrons. The second-order valence-corrected chi connectivity index (χ2v) is 4.07. The van der Waals surface area contributed by atoms with Crippen LogP contribution in [0.2, 0.25) is 0 Å². The number of ketones is 1. The molecule has 1 fully saturated rings. The fourth-order valence-electron chi connectivity index (χ4n) is 1.93. The maximum Gasteiger partial charge on any atom is 0.242 e. The van der Waals surface area contributed by atoms with E-state index in [1.165, 1.54) is 6.92 Å². The van der Waals surface area contributed by atoms with Crippen LogP contribution in [0.25, 0.3) is 0 Å². The average molecular weight is 236 g/mol. The zero-order valence-corrected chi connectivity index (χ0v) is 9.89. The number of rotatable bonds is 3. The molecule has 1 aromatic heterocycles. The van der Waals surface area contributed by atoms with E-state index in [-0.39, 0.29) is 18.2 Å². The molecule has 1 amide bonds. The van der Waals surface area contributed by atoms with Crippen LogP contribution in [0.3, 0.4) is 0 Å². The molecule has 1 aromatic rings. The number of carbonyl (C=O) groups is 2. The number of hydrogen-bond acceptors (Lipinski definition) is 3. The molecule has 2 rings (SSSR count). The summed E-state index contributed by atoms with van der Waals surface area (Å²) in [6, 6.07) is 3.51. The van der Waals surface area contributed by atoms with E-state index >= 15 is 0 Å². The van der Waals surface area contributed by atoms with Crippen molar-refractivity contribution in [3.8, 4) is 0 Å². The molecule has 2 heterocycles. The SMILES string of the molecule is CC(=O)c1cccn1CC(=O)N1CCOCC1. The van der Waals surface area contributed by atoms with Gasteiger partial charge in [-0.3, -0.25) is 9.59 Å². The van der Waals surface area contributed by atoms with Crippen LogP contribution in [0, 0.1) is 0 Å².